The molecule has 0 spiro atoms. The molecule has 0 saturated heterocycles. The predicted octanol–water partition coefficient (Wildman–Crippen LogP) is 7.87. The topological polar surface area (TPSA) is 30.5 Å². The molecule has 0 heterocycles. The maximum absolute atomic E-state index is 6.31. The van der Waals surface area contributed by atoms with Gasteiger partial charge in [-0.05, 0) is 71.1 Å². The summed E-state index contributed by atoms with van der Waals surface area (Å²) in [6.07, 6.45) is 0.758. The fourth-order valence-corrected chi connectivity index (χ4v) is 4.30. The van der Waals surface area contributed by atoms with Gasteiger partial charge in [0.05, 0.1) is 0 Å². The second-order valence-electron chi connectivity index (χ2n) is 8.43. The summed E-state index contributed by atoms with van der Waals surface area (Å²) < 4.78 is 11.9. The molecule has 0 aliphatic rings. The Balaban J connectivity index is 0.00000380. The van der Waals surface area contributed by atoms with E-state index in [0.717, 1.165) is 41.2 Å². The number of alkyl halides is 1. The quantitative estimate of drug-likeness (QED) is 0.114. The molecule has 5 heteroatoms. The number of ether oxygens (including phenoxy) is 2. The summed E-state index contributed by atoms with van der Waals surface area (Å²) in [6, 6.07) is 37.3. The van der Waals surface area contributed by atoms with E-state index in [0.29, 0.717) is 19.1 Å². The SMILES string of the molecule is CNCCOc1ccc(/C(=C(/CCCl)c2ccccc2)c2ccc(OCc3ccccc3)cc2)cc1.Cl. The summed E-state index contributed by atoms with van der Waals surface area (Å²) >= 11 is 6.31. The lowest BCUT2D eigenvalue weighted by Crippen LogP contribution is -2.15. The van der Waals surface area contributed by atoms with E-state index in [2.05, 4.69) is 66.0 Å². The number of hydrogen-bond acceptors (Lipinski definition) is 3. The van der Waals surface area contributed by atoms with Gasteiger partial charge in [0.25, 0.3) is 0 Å². The summed E-state index contributed by atoms with van der Waals surface area (Å²) in [7, 11) is 1.92. The molecular formula is C32H33Cl2NO2. The molecule has 0 fully saturated rings. The van der Waals surface area contributed by atoms with Crippen molar-refractivity contribution in [1.82, 2.24) is 5.32 Å². The fraction of sp³-hybridized carbons (Fsp3) is 0.188. The van der Waals surface area contributed by atoms with Crippen molar-refractivity contribution in [2.75, 3.05) is 26.1 Å². The highest BCUT2D eigenvalue weighted by atomic mass is 35.5. The minimum Gasteiger partial charge on any atom is -0.492 e. The minimum absolute atomic E-state index is 0. The summed E-state index contributed by atoms with van der Waals surface area (Å²) in [5.74, 6) is 2.24. The van der Waals surface area contributed by atoms with Crippen molar-refractivity contribution in [3.63, 3.8) is 0 Å². The van der Waals surface area contributed by atoms with Crippen molar-refractivity contribution in [2.24, 2.45) is 0 Å². The molecule has 0 bridgehead atoms. The van der Waals surface area contributed by atoms with E-state index in [9.17, 15) is 0 Å². The van der Waals surface area contributed by atoms with Crippen LogP contribution in [-0.2, 0) is 6.61 Å². The maximum Gasteiger partial charge on any atom is 0.119 e. The van der Waals surface area contributed by atoms with Gasteiger partial charge in [-0.3, -0.25) is 0 Å². The van der Waals surface area contributed by atoms with Crippen LogP contribution in [0.2, 0.25) is 0 Å². The van der Waals surface area contributed by atoms with Crippen LogP contribution < -0.4 is 14.8 Å². The molecule has 4 aromatic rings. The van der Waals surface area contributed by atoms with Crippen LogP contribution >= 0.6 is 24.0 Å². The van der Waals surface area contributed by atoms with Gasteiger partial charge in [0.15, 0.2) is 0 Å². The largest absolute Gasteiger partial charge is 0.492 e. The van der Waals surface area contributed by atoms with Crippen LogP contribution in [0.4, 0.5) is 0 Å². The van der Waals surface area contributed by atoms with Crippen LogP contribution in [0.3, 0.4) is 0 Å². The summed E-state index contributed by atoms with van der Waals surface area (Å²) in [6.45, 7) is 1.98. The zero-order valence-corrected chi connectivity index (χ0v) is 22.6. The lowest BCUT2D eigenvalue weighted by Gasteiger charge is -2.18. The highest BCUT2D eigenvalue weighted by molar-refractivity contribution is 6.18. The molecule has 0 aromatic heterocycles. The van der Waals surface area contributed by atoms with Gasteiger partial charge in [0, 0.05) is 12.4 Å². The van der Waals surface area contributed by atoms with Crippen LogP contribution in [0.25, 0.3) is 11.1 Å². The van der Waals surface area contributed by atoms with Gasteiger partial charge in [-0.2, -0.15) is 0 Å². The Hall–Kier alpha value is -3.24. The van der Waals surface area contributed by atoms with E-state index < -0.39 is 0 Å². The number of benzene rings is 4. The Morgan fingerprint density at radius 1 is 0.676 bits per heavy atom. The van der Waals surface area contributed by atoms with Gasteiger partial charge in [0.2, 0.25) is 0 Å². The van der Waals surface area contributed by atoms with Crippen LogP contribution in [0.15, 0.2) is 109 Å². The first-order valence-corrected chi connectivity index (χ1v) is 12.8. The van der Waals surface area contributed by atoms with Crippen molar-refractivity contribution in [2.45, 2.75) is 13.0 Å². The smallest absolute Gasteiger partial charge is 0.119 e. The monoisotopic (exact) mass is 533 g/mol. The van der Waals surface area contributed by atoms with Gasteiger partial charge in [0.1, 0.15) is 24.7 Å². The van der Waals surface area contributed by atoms with E-state index >= 15 is 0 Å². The van der Waals surface area contributed by atoms with E-state index in [1.54, 1.807) is 0 Å². The zero-order chi connectivity index (χ0) is 25.0. The Bertz CT molecular complexity index is 1230. The summed E-state index contributed by atoms with van der Waals surface area (Å²) in [4.78, 5) is 0. The molecule has 1 N–H and O–H groups in total. The lowest BCUT2D eigenvalue weighted by atomic mass is 9.88. The molecule has 37 heavy (non-hydrogen) atoms. The highest BCUT2D eigenvalue weighted by Crippen LogP contribution is 2.36. The first kappa shape index (κ1) is 28.3. The molecule has 0 radical (unpaired) electrons. The van der Waals surface area contributed by atoms with Crippen LogP contribution in [0.1, 0.15) is 28.7 Å². The maximum atomic E-state index is 6.31. The first-order valence-electron chi connectivity index (χ1n) is 12.3. The van der Waals surface area contributed by atoms with E-state index in [1.807, 2.05) is 55.6 Å². The number of hydrogen-bond donors (Lipinski definition) is 1. The average Bonchev–Trinajstić information content (AvgIpc) is 2.94. The van der Waals surface area contributed by atoms with Crippen molar-refractivity contribution < 1.29 is 9.47 Å². The number of likely N-dealkylation sites (N-methyl/N-ethyl adjacent to an activating group) is 1. The van der Waals surface area contributed by atoms with Crippen LogP contribution in [0.5, 0.6) is 11.5 Å². The van der Waals surface area contributed by atoms with Crippen molar-refractivity contribution >= 4 is 35.2 Å². The number of nitrogens with one attached hydrogen (secondary N) is 1. The fourth-order valence-electron chi connectivity index (χ4n) is 4.11. The molecule has 0 unspecified atom stereocenters. The third-order valence-electron chi connectivity index (χ3n) is 5.92. The third-order valence-corrected chi connectivity index (χ3v) is 6.11. The van der Waals surface area contributed by atoms with Gasteiger partial charge >= 0.3 is 0 Å². The molecule has 3 nitrogen and oxygen atoms in total. The van der Waals surface area contributed by atoms with Gasteiger partial charge in [-0.15, -0.1) is 24.0 Å². The number of rotatable bonds is 12. The molecule has 0 aliphatic heterocycles. The molecule has 4 rings (SSSR count). The molecular weight excluding hydrogens is 501 g/mol. The molecule has 0 amide bonds. The van der Waals surface area contributed by atoms with Crippen molar-refractivity contribution in [1.29, 1.82) is 0 Å². The predicted molar refractivity (Wildman–Crippen MR) is 158 cm³/mol. The Morgan fingerprint density at radius 2 is 1.22 bits per heavy atom. The van der Waals surface area contributed by atoms with Gasteiger partial charge < -0.3 is 14.8 Å². The lowest BCUT2D eigenvalue weighted by molar-refractivity contribution is 0.306. The van der Waals surface area contributed by atoms with E-state index in [1.165, 1.54) is 16.7 Å². The summed E-state index contributed by atoms with van der Waals surface area (Å²) in [5.41, 5.74) is 6.94. The molecule has 0 atom stereocenters. The van der Waals surface area contributed by atoms with E-state index in [-0.39, 0.29) is 12.4 Å². The Morgan fingerprint density at radius 3 is 1.76 bits per heavy atom. The van der Waals surface area contributed by atoms with Gasteiger partial charge in [-0.1, -0.05) is 84.9 Å². The molecule has 0 saturated carbocycles. The van der Waals surface area contributed by atoms with Gasteiger partial charge in [-0.25, -0.2) is 0 Å². The van der Waals surface area contributed by atoms with E-state index in [4.69, 9.17) is 21.1 Å². The zero-order valence-electron chi connectivity index (χ0n) is 21.0. The third kappa shape index (κ3) is 8.13. The Kier molecular flexibility index (Phi) is 11.6. The number of halogens is 2. The first-order chi connectivity index (χ1) is 17.8. The number of allylic oxidation sites excluding steroid dienone is 1. The molecule has 192 valence electrons. The normalized spacial score (nSPS) is 11.3. The second-order valence-corrected chi connectivity index (χ2v) is 8.81. The van der Waals surface area contributed by atoms with Crippen molar-refractivity contribution in [3.8, 4) is 11.5 Å². The second kappa shape index (κ2) is 15.1. The standard InChI is InChI=1S/C32H32ClNO2.ClH/c1-34-22-23-35-29-16-12-27(13-17-29)32(31(20-21-33)26-10-6-3-7-11-26)28-14-18-30(19-15-28)36-24-25-8-4-2-5-9-25;/h2-19,34H,20-24H2,1H3;1H/b32-31+;. The van der Waals surface area contributed by atoms with Crippen LogP contribution in [0, 0.1) is 0 Å². The van der Waals surface area contributed by atoms with Crippen molar-refractivity contribution in [3.05, 3.63) is 131 Å². The summed E-state index contributed by atoms with van der Waals surface area (Å²) in [5, 5.41) is 3.10. The molecule has 0 aliphatic carbocycles. The highest BCUT2D eigenvalue weighted by Gasteiger charge is 2.14. The minimum atomic E-state index is 0. The van der Waals surface area contributed by atoms with Crippen LogP contribution in [-0.4, -0.2) is 26.1 Å². The molecule has 4 aromatic carbocycles. The Labute approximate surface area is 231 Å². The average molecular weight is 535 g/mol.